The summed E-state index contributed by atoms with van der Waals surface area (Å²) in [6, 6.07) is 10.4. The number of halogens is 1. The largest absolute Gasteiger partial charge is 0.458 e. The van der Waals surface area contributed by atoms with Crippen LogP contribution in [0, 0.1) is 35.4 Å². The van der Waals surface area contributed by atoms with Gasteiger partial charge in [0.25, 0.3) is 0 Å². The van der Waals surface area contributed by atoms with Gasteiger partial charge in [0.15, 0.2) is 0 Å². The zero-order chi connectivity index (χ0) is 25.9. The normalized spacial score (nSPS) is 30.8. The van der Waals surface area contributed by atoms with E-state index in [4.69, 9.17) is 9.47 Å². The summed E-state index contributed by atoms with van der Waals surface area (Å²) in [7, 11) is 0. The van der Waals surface area contributed by atoms with Gasteiger partial charge in [-0.15, -0.1) is 0 Å². The Balaban J connectivity index is 1.36. The first-order chi connectivity index (χ1) is 18.0. The predicted molar refractivity (Wildman–Crippen MR) is 139 cm³/mol. The second kappa shape index (κ2) is 10.9. The Morgan fingerprint density at radius 1 is 1.24 bits per heavy atom. The van der Waals surface area contributed by atoms with E-state index in [9.17, 15) is 14.0 Å². The molecule has 1 N–H and O–H groups in total. The molecule has 1 saturated heterocycles. The highest BCUT2D eigenvalue weighted by Gasteiger charge is 2.55. The lowest BCUT2D eigenvalue weighted by Gasteiger charge is -2.47. The third-order valence-corrected chi connectivity index (χ3v) is 8.20. The number of aromatic nitrogens is 1. The fourth-order valence-electron chi connectivity index (χ4n) is 6.60. The maximum Gasteiger partial charge on any atom is 0.407 e. The summed E-state index contributed by atoms with van der Waals surface area (Å²) >= 11 is 0. The Morgan fingerprint density at radius 2 is 2.11 bits per heavy atom. The molecule has 0 radical (unpaired) electrons. The van der Waals surface area contributed by atoms with Crippen molar-refractivity contribution in [2.45, 2.75) is 44.8 Å². The Labute approximate surface area is 217 Å². The minimum atomic E-state index is -0.379. The SMILES string of the molecule is C=C[C@@H]1OC(=O)[C@@H]2C[C@H]3C[C@@H](NC(=O)OCC)CC[C@H]3[C@@H](/C=C/c3ccc(-c4cccc(F)c4)cn3)[C@H]12. The number of carbonyl (C=O) groups is 2. The molecule has 1 aliphatic heterocycles. The number of hydrogen-bond donors (Lipinski definition) is 1. The maximum absolute atomic E-state index is 13.6. The van der Waals surface area contributed by atoms with Gasteiger partial charge in [-0.2, -0.15) is 0 Å². The number of carbonyl (C=O) groups excluding carboxylic acids is 2. The summed E-state index contributed by atoms with van der Waals surface area (Å²) in [5.74, 6) is 0.251. The molecule has 0 bridgehead atoms. The van der Waals surface area contributed by atoms with Crippen LogP contribution in [0.5, 0.6) is 0 Å². The van der Waals surface area contributed by atoms with Gasteiger partial charge in [-0.3, -0.25) is 9.78 Å². The lowest BCUT2D eigenvalue weighted by molar-refractivity contribution is -0.143. The number of amides is 1. The van der Waals surface area contributed by atoms with Gasteiger partial charge in [-0.05, 0) is 80.2 Å². The van der Waals surface area contributed by atoms with E-state index in [1.165, 1.54) is 12.1 Å². The van der Waals surface area contributed by atoms with Crippen molar-refractivity contribution in [3.63, 3.8) is 0 Å². The number of nitrogens with zero attached hydrogens (tertiary/aromatic N) is 1. The summed E-state index contributed by atoms with van der Waals surface area (Å²) in [6.07, 6.45) is 10.4. The third kappa shape index (κ3) is 5.31. The molecule has 5 rings (SSSR count). The van der Waals surface area contributed by atoms with Gasteiger partial charge >= 0.3 is 12.1 Å². The lowest BCUT2D eigenvalue weighted by Crippen LogP contribution is -2.48. The average molecular weight is 505 g/mol. The minimum absolute atomic E-state index is 0.0450. The molecule has 37 heavy (non-hydrogen) atoms. The lowest BCUT2D eigenvalue weighted by atomic mass is 9.56. The van der Waals surface area contributed by atoms with Crippen LogP contribution in [0.1, 0.15) is 38.3 Å². The molecule has 1 aromatic carbocycles. The van der Waals surface area contributed by atoms with Gasteiger partial charge in [0.05, 0.1) is 18.2 Å². The van der Waals surface area contributed by atoms with E-state index in [2.05, 4.69) is 23.0 Å². The highest BCUT2D eigenvalue weighted by Crippen LogP contribution is 2.53. The molecule has 6 nitrogen and oxygen atoms in total. The van der Waals surface area contributed by atoms with E-state index in [-0.39, 0.29) is 47.8 Å². The van der Waals surface area contributed by atoms with Crippen molar-refractivity contribution in [1.82, 2.24) is 10.3 Å². The van der Waals surface area contributed by atoms with E-state index in [0.717, 1.165) is 42.5 Å². The zero-order valence-electron chi connectivity index (χ0n) is 21.0. The predicted octanol–water partition coefficient (Wildman–Crippen LogP) is 5.80. The van der Waals surface area contributed by atoms with Crippen LogP contribution in [0.4, 0.5) is 9.18 Å². The summed E-state index contributed by atoms with van der Waals surface area (Å²) < 4.78 is 24.4. The summed E-state index contributed by atoms with van der Waals surface area (Å²) in [4.78, 5) is 29.4. The zero-order valence-corrected chi connectivity index (χ0v) is 21.0. The number of allylic oxidation sites excluding steroid dienone is 1. The molecule has 7 heteroatoms. The number of esters is 1. The Bertz CT molecular complexity index is 1180. The molecule has 0 spiro atoms. The number of ether oxygens (including phenoxy) is 2. The van der Waals surface area contributed by atoms with E-state index < -0.39 is 0 Å². The highest BCUT2D eigenvalue weighted by molar-refractivity contribution is 5.76. The van der Waals surface area contributed by atoms with E-state index in [1.54, 1.807) is 25.3 Å². The van der Waals surface area contributed by atoms with Crippen molar-refractivity contribution in [2.75, 3.05) is 6.61 Å². The van der Waals surface area contributed by atoms with Crippen molar-refractivity contribution in [2.24, 2.45) is 29.6 Å². The van der Waals surface area contributed by atoms with Crippen molar-refractivity contribution in [1.29, 1.82) is 0 Å². The molecule has 2 aliphatic carbocycles. The molecule has 0 unspecified atom stereocenters. The van der Waals surface area contributed by atoms with Crippen molar-refractivity contribution in [3.8, 4) is 11.1 Å². The smallest absolute Gasteiger partial charge is 0.407 e. The van der Waals surface area contributed by atoms with Gasteiger partial charge < -0.3 is 14.8 Å². The van der Waals surface area contributed by atoms with Gasteiger partial charge in [-0.1, -0.05) is 36.9 Å². The molecule has 2 heterocycles. The van der Waals surface area contributed by atoms with E-state index >= 15 is 0 Å². The Morgan fingerprint density at radius 3 is 2.84 bits per heavy atom. The van der Waals surface area contributed by atoms with Crippen LogP contribution >= 0.6 is 0 Å². The number of cyclic esters (lactones) is 1. The van der Waals surface area contributed by atoms with Crippen LogP contribution in [0.25, 0.3) is 17.2 Å². The molecule has 7 atom stereocenters. The van der Waals surface area contributed by atoms with Crippen LogP contribution < -0.4 is 5.32 Å². The first-order valence-electron chi connectivity index (χ1n) is 13.1. The molecule has 1 aromatic heterocycles. The van der Waals surface area contributed by atoms with E-state index in [1.807, 2.05) is 24.3 Å². The van der Waals surface area contributed by atoms with Crippen LogP contribution in [-0.4, -0.2) is 35.8 Å². The Kier molecular flexibility index (Phi) is 7.40. The number of hydrogen-bond acceptors (Lipinski definition) is 5. The number of fused-ring (bicyclic) bond motifs is 2. The first-order valence-corrected chi connectivity index (χ1v) is 13.1. The fourth-order valence-corrected chi connectivity index (χ4v) is 6.60. The Hall–Kier alpha value is -3.48. The monoisotopic (exact) mass is 504 g/mol. The number of pyridine rings is 1. The second-order valence-electron chi connectivity index (χ2n) is 10.3. The number of benzene rings is 1. The highest BCUT2D eigenvalue weighted by atomic mass is 19.1. The molecule has 2 saturated carbocycles. The maximum atomic E-state index is 13.6. The van der Waals surface area contributed by atoms with Crippen molar-refractivity contribution >= 4 is 18.1 Å². The van der Waals surface area contributed by atoms with Crippen molar-refractivity contribution in [3.05, 3.63) is 72.8 Å². The quantitative estimate of drug-likeness (QED) is 0.398. The van der Waals surface area contributed by atoms with Gasteiger partial charge in [0.2, 0.25) is 0 Å². The number of nitrogens with one attached hydrogen (secondary N) is 1. The average Bonchev–Trinajstić information content (AvgIpc) is 3.22. The molecule has 3 fully saturated rings. The molecule has 194 valence electrons. The fraction of sp³-hybridized carbons (Fsp3) is 0.433. The first kappa shape index (κ1) is 25.2. The minimum Gasteiger partial charge on any atom is -0.458 e. The second-order valence-corrected chi connectivity index (χ2v) is 10.3. The van der Waals surface area contributed by atoms with Crippen LogP contribution in [0.3, 0.4) is 0 Å². The summed E-state index contributed by atoms with van der Waals surface area (Å²) in [5.41, 5.74) is 2.44. The van der Waals surface area contributed by atoms with Crippen molar-refractivity contribution < 1.29 is 23.5 Å². The molecular formula is C30H33FN2O4. The molecule has 3 aliphatic rings. The van der Waals surface area contributed by atoms with E-state index in [0.29, 0.717) is 18.4 Å². The molecule has 1 amide bonds. The van der Waals surface area contributed by atoms with Gasteiger partial charge in [0, 0.05) is 23.7 Å². The standard InChI is InChI=1S/C30H33FN2O4/c1-3-27-28-25(13-10-22-9-8-19(17-32-22)18-6-5-7-21(31)14-18)24-12-11-23(33-30(35)36-4-2)15-20(24)16-26(28)29(34)37-27/h3,5-10,13-14,17,20,23-28H,1,4,11-12,15-16H2,2H3,(H,33,35)/b13-10+/t20-,23+,24-,25-,26-,27+,28+/m1/s1. The van der Waals surface area contributed by atoms with Crippen LogP contribution in [-0.2, 0) is 14.3 Å². The number of rotatable bonds is 6. The molecule has 2 aromatic rings. The molecular weight excluding hydrogens is 471 g/mol. The van der Waals surface area contributed by atoms with Crippen LogP contribution in [0.2, 0.25) is 0 Å². The number of alkyl carbamates (subject to hydrolysis) is 1. The van der Waals surface area contributed by atoms with Gasteiger partial charge in [0.1, 0.15) is 11.9 Å². The van der Waals surface area contributed by atoms with Gasteiger partial charge in [-0.25, -0.2) is 9.18 Å². The summed E-state index contributed by atoms with van der Waals surface area (Å²) in [5, 5.41) is 2.99. The topological polar surface area (TPSA) is 77.5 Å². The van der Waals surface area contributed by atoms with Crippen LogP contribution in [0.15, 0.2) is 61.3 Å². The third-order valence-electron chi connectivity index (χ3n) is 8.20. The summed E-state index contributed by atoms with van der Waals surface area (Å²) in [6.45, 7) is 6.06.